The van der Waals surface area contributed by atoms with Gasteiger partial charge in [0.15, 0.2) is 5.13 Å². The maximum atomic E-state index is 12.0. The van der Waals surface area contributed by atoms with E-state index >= 15 is 0 Å². The number of amides is 1. The monoisotopic (exact) mass is 292 g/mol. The fourth-order valence-corrected chi connectivity index (χ4v) is 2.47. The van der Waals surface area contributed by atoms with Crippen LogP contribution in [0.2, 0.25) is 0 Å². The highest BCUT2D eigenvalue weighted by Gasteiger charge is 2.16. The molecule has 3 N–H and O–H groups in total. The van der Waals surface area contributed by atoms with Gasteiger partial charge in [0.05, 0.1) is 10.6 Å². The maximum Gasteiger partial charge on any atom is 0.274 e. The van der Waals surface area contributed by atoms with E-state index in [4.69, 9.17) is 5.73 Å². The number of nitro groups is 1. The van der Waals surface area contributed by atoms with Crippen molar-refractivity contribution < 1.29 is 9.72 Å². The molecule has 0 aliphatic heterocycles. The number of thiazole rings is 1. The summed E-state index contributed by atoms with van der Waals surface area (Å²) in [6, 6.07) is 6.27. The predicted molar refractivity (Wildman–Crippen MR) is 75.5 cm³/mol. The molecular weight excluding hydrogens is 280 g/mol. The molecule has 0 atom stereocenters. The van der Waals surface area contributed by atoms with Crippen LogP contribution in [-0.4, -0.2) is 15.8 Å². The van der Waals surface area contributed by atoms with Crippen molar-refractivity contribution in [3.05, 3.63) is 50.5 Å². The van der Waals surface area contributed by atoms with Crippen LogP contribution in [0.5, 0.6) is 0 Å². The van der Waals surface area contributed by atoms with Crippen LogP contribution in [-0.2, 0) is 6.54 Å². The van der Waals surface area contributed by atoms with Gasteiger partial charge in [-0.1, -0.05) is 29.5 Å². The first-order valence-electron chi connectivity index (χ1n) is 5.72. The van der Waals surface area contributed by atoms with Crippen molar-refractivity contribution in [2.75, 3.05) is 5.73 Å². The van der Waals surface area contributed by atoms with Crippen LogP contribution in [0.4, 0.5) is 10.8 Å². The Morgan fingerprint density at radius 3 is 2.80 bits per heavy atom. The van der Waals surface area contributed by atoms with Crippen LogP contribution in [0.15, 0.2) is 24.3 Å². The second-order valence-electron chi connectivity index (χ2n) is 4.04. The molecule has 2 aromatic rings. The SMILES string of the molecule is Cc1nc(N)sc1C(=O)NCc1ccccc1[N+](=O)[O-]. The Morgan fingerprint density at radius 2 is 2.20 bits per heavy atom. The fourth-order valence-electron chi connectivity index (χ4n) is 1.72. The molecule has 1 aromatic heterocycles. The third kappa shape index (κ3) is 2.91. The van der Waals surface area contributed by atoms with E-state index < -0.39 is 4.92 Å². The van der Waals surface area contributed by atoms with Gasteiger partial charge in [0.25, 0.3) is 11.6 Å². The van der Waals surface area contributed by atoms with Crippen molar-refractivity contribution in [3.63, 3.8) is 0 Å². The number of carbonyl (C=O) groups is 1. The Bertz CT molecular complexity index is 668. The van der Waals surface area contributed by atoms with E-state index in [1.165, 1.54) is 6.07 Å². The first-order chi connectivity index (χ1) is 9.49. The van der Waals surface area contributed by atoms with E-state index in [0.29, 0.717) is 21.3 Å². The van der Waals surface area contributed by atoms with Gasteiger partial charge in [0.1, 0.15) is 4.88 Å². The van der Waals surface area contributed by atoms with Crippen LogP contribution < -0.4 is 11.1 Å². The molecule has 0 unspecified atom stereocenters. The Balaban J connectivity index is 2.11. The molecule has 1 amide bonds. The third-order valence-electron chi connectivity index (χ3n) is 2.65. The number of nitrogens with one attached hydrogen (secondary N) is 1. The zero-order valence-electron chi connectivity index (χ0n) is 10.6. The number of para-hydroxylation sites is 1. The average Bonchev–Trinajstić information content (AvgIpc) is 2.75. The van der Waals surface area contributed by atoms with Gasteiger partial charge >= 0.3 is 0 Å². The highest BCUT2D eigenvalue weighted by Crippen LogP contribution is 2.20. The average molecular weight is 292 g/mol. The normalized spacial score (nSPS) is 10.2. The number of nitrogens with zero attached hydrogens (tertiary/aromatic N) is 2. The molecule has 0 aliphatic rings. The number of aryl methyl sites for hydroxylation is 1. The lowest BCUT2D eigenvalue weighted by molar-refractivity contribution is -0.385. The van der Waals surface area contributed by atoms with Crippen molar-refractivity contribution in [1.29, 1.82) is 0 Å². The van der Waals surface area contributed by atoms with E-state index in [2.05, 4.69) is 10.3 Å². The largest absolute Gasteiger partial charge is 0.375 e. The highest BCUT2D eigenvalue weighted by atomic mass is 32.1. The summed E-state index contributed by atoms with van der Waals surface area (Å²) in [4.78, 5) is 26.7. The number of rotatable bonds is 4. The molecule has 7 nitrogen and oxygen atoms in total. The fraction of sp³-hybridized carbons (Fsp3) is 0.167. The molecule has 104 valence electrons. The van der Waals surface area contributed by atoms with Crippen molar-refractivity contribution in [1.82, 2.24) is 10.3 Å². The van der Waals surface area contributed by atoms with Crippen molar-refractivity contribution >= 4 is 28.1 Å². The van der Waals surface area contributed by atoms with Crippen molar-refractivity contribution in [2.24, 2.45) is 0 Å². The second-order valence-corrected chi connectivity index (χ2v) is 5.07. The zero-order valence-corrected chi connectivity index (χ0v) is 11.4. The lowest BCUT2D eigenvalue weighted by atomic mass is 10.2. The zero-order chi connectivity index (χ0) is 14.7. The van der Waals surface area contributed by atoms with Gasteiger partial charge < -0.3 is 11.1 Å². The lowest BCUT2D eigenvalue weighted by Crippen LogP contribution is -2.23. The summed E-state index contributed by atoms with van der Waals surface area (Å²) >= 11 is 1.09. The standard InChI is InChI=1S/C12H12N4O3S/c1-7-10(20-12(13)15-7)11(17)14-6-8-4-2-3-5-9(8)16(18)19/h2-5H,6H2,1H3,(H2,13,15)(H,14,17). The van der Waals surface area contributed by atoms with Crippen LogP contribution in [0.25, 0.3) is 0 Å². The minimum Gasteiger partial charge on any atom is -0.375 e. The summed E-state index contributed by atoms with van der Waals surface area (Å²) in [5, 5.41) is 13.8. The van der Waals surface area contributed by atoms with Gasteiger partial charge in [-0.15, -0.1) is 0 Å². The van der Waals surface area contributed by atoms with E-state index in [9.17, 15) is 14.9 Å². The number of anilines is 1. The smallest absolute Gasteiger partial charge is 0.274 e. The first kappa shape index (κ1) is 13.9. The Labute approximate surface area is 118 Å². The summed E-state index contributed by atoms with van der Waals surface area (Å²) in [5.74, 6) is -0.338. The molecule has 2 rings (SSSR count). The molecule has 0 fully saturated rings. The summed E-state index contributed by atoms with van der Waals surface area (Å²) in [7, 11) is 0. The predicted octanol–water partition coefficient (Wildman–Crippen LogP) is 1.87. The number of nitro benzene ring substituents is 1. The summed E-state index contributed by atoms with van der Waals surface area (Å²) in [5.41, 5.74) is 6.50. The van der Waals surface area contributed by atoms with Gasteiger partial charge in [-0.3, -0.25) is 14.9 Å². The first-order valence-corrected chi connectivity index (χ1v) is 6.54. The molecule has 0 bridgehead atoms. The van der Waals surface area contributed by atoms with Gasteiger partial charge in [0, 0.05) is 18.2 Å². The van der Waals surface area contributed by atoms with Crippen LogP contribution in [0.1, 0.15) is 20.9 Å². The topological polar surface area (TPSA) is 111 Å². The number of nitrogens with two attached hydrogens (primary N) is 1. The maximum absolute atomic E-state index is 12.0. The molecule has 1 heterocycles. The van der Waals surface area contributed by atoms with Gasteiger partial charge in [-0.25, -0.2) is 4.98 Å². The summed E-state index contributed by atoms with van der Waals surface area (Å²) in [6.07, 6.45) is 0. The highest BCUT2D eigenvalue weighted by molar-refractivity contribution is 7.17. The minimum absolute atomic E-state index is 0.0201. The molecule has 1 aromatic carbocycles. The summed E-state index contributed by atoms with van der Waals surface area (Å²) in [6.45, 7) is 1.76. The number of benzene rings is 1. The number of carbonyl (C=O) groups excluding carboxylic acids is 1. The molecule has 20 heavy (non-hydrogen) atoms. The molecule has 0 saturated heterocycles. The lowest BCUT2D eigenvalue weighted by Gasteiger charge is -2.05. The molecule has 0 radical (unpaired) electrons. The molecule has 0 aliphatic carbocycles. The second kappa shape index (κ2) is 5.66. The van der Waals surface area contributed by atoms with E-state index in [-0.39, 0.29) is 18.1 Å². The van der Waals surface area contributed by atoms with Gasteiger partial charge in [0.2, 0.25) is 0 Å². The molecule has 0 saturated carbocycles. The van der Waals surface area contributed by atoms with Crippen LogP contribution >= 0.6 is 11.3 Å². The number of hydrogen-bond acceptors (Lipinski definition) is 6. The van der Waals surface area contributed by atoms with E-state index in [1.807, 2.05) is 0 Å². The Morgan fingerprint density at radius 1 is 1.50 bits per heavy atom. The third-order valence-corrected chi connectivity index (χ3v) is 3.63. The molecule has 0 spiro atoms. The van der Waals surface area contributed by atoms with E-state index in [0.717, 1.165) is 11.3 Å². The molecule has 8 heteroatoms. The van der Waals surface area contributed by atoms with Crippen LogP contribution in [0, 0.1) is 17.0 Å². The van der Waals surface area contributed by atoms with E-state index in [1.54, 1.807) is 25.1 Å². The Hall–Kier alpha value is -2.48. The molecular formula is C12H12N4O3S. The van der Waals surface area contributed by atoms with Gasteiger partial charge in [-0.2, -0.15) is 0 Å². The summed E-state index contributed by atoms with van der Waals surface area (Å²) < 4.78 is 0. The number of hydrogen-bond donors (Lipinski definition) is 2. The Kier molecular flexibility index (Phi) is 3.94. The van der Waals surface area contributed by atoms with Crippen LogP contribution in [0.3, 0.4) is 0 Å². The minimum atomic E-state index is -0.475. The number of aromatic nitrogens is 1. The number of nitrogen functional groups attached to an aromatic ring is 1. The quantitative estimate of drug-likeness (QED) is 0.660. The van der Waals surface area contributed by atoms with Crippen molar-refractivity contribution in [3.8, 4) is 0 Å². The van der Waals surface area contributed by atoms with Crippen molar-refractivity contribution in [2.45, 2.75) is 13.5 Å². The van der Waals surface area contributed by atoms with Gasteiger partial charge in [-0.05, 0) is 6.92 Å².